The summed E-state index contributed by atoms with van der Waals surface area (Å²) in [6, 6.07) is 9.67. The van der Waals surface area contributed by atoms with Gasteiger partial charge in [0.15, 0.2) is 0 Å². The third-order valence-electron chi connectivity index (χ3n) is 5.79. The molecule has 2 unspecified atom stereocenters. The van der Waals surface area contributed by atoms with Gasteiger partial charge in [0, 0.05) is 25.0 Å². The molecule has 3 N–H and O–H groups in total. The van der Waals surface area contributed by atoms with Crippen LogP contribution in [0.4, 0.5) is 27.4 Å². The number of fused-ring (bicyclic) bond motifs is 2. The summed E-state index contributed by atoms with van der Waals surface area (Å²) in [5.41, 5.74) is 1.47. The Morgan fingerprint density at radius 2 is 1.67 bits per heavy atom. The number of hydrogen-bond donors (Lipinski definition) is 3. The zero-order valence-electron chi connectivity index (χ0n) is 17.5. The van der Waals surface area contributed by atoms with Crippen molar-refractivity contribution in [3.63, 3.8) is 0 Å². The van der Waals surface area contributed by atoms with Crippen LogP contribution in [-0.2, 0) is 11.2 Å². The molecule has 0 aliphatic carbocycles. The number of benzene rings is 1. The standard InChI is InChI=1S/C20H23FN2O2S.C2HF3O2/c21-18-4-2-1-3-14(18)11-15-7-8-26-19(15)23(20(24)25)12-13-9-16-5-6-17(10-13)22-16;3-2(4,5)1(6)7/h1-4,7-8,13,16-17,22H,5-6,9-12H2,(H,24,25);(H,6,7). The fourth-order valence-corrected chi connectivity index (χ4v) is 5.31. The van der Waals surface area contributed by atoms with Gasteiger partial charge in [0.1, 0.15) is 10.8 Å². The van der Waals surface area contributed by atoms with Gasteiger partial charge in [0.2, 0.25) is 0 Å². The fraction of sp³-hybridized carbons (Fsp3) is 0.455. The van der Waals surface area contributed by atoms with Crippen LogP contribution in [0.3, 0.4) is 0 Å². The van der Waals surface area contributed by atoms with E-state index in [0.717, 1.165) is 23.4 Å². The molecule has 180 valence electrons. The van der Waals surface area contributed by atoms with E-state index in [1.807, 2.05) is 17.5 Å². The number of aliphatic carboxylic acids is 1. The summed E-state index contributed by atoms with van der Waals surface area (Å²) in [6.45, 7) is 0.523. The lowest BCUT2D eigenvalue weighted by atomic mass is 9.92. The zero-order chi connectivity index (χ0) is 24.2. The van der Waals surface area contributed by atoms with Gasteiger partial charge in [-0.15, -0.1) is 11.3 Å². The van der Waals surface area contributed by atoms with Gasteiger partial charge in [-0.1, -0.05) is 18.2 Å². The van der Waals surface area contributed by atoms with E-state index in [0.29, 0.717) is 36.5 Å². The summed E-state index contributed by atoms with van der Waals surface area (Å²) in [6.07, 6.45) is -1.12. The quantitative estimate of drug-likeness (QED) is 0.508. The molecular weight excluding hydrogens is 464 g/mol. The summed E-state index contributed by atoms with van der Waals surface area (Å²) in [4.78, 5) is 22.3. The first kappa shape index (κ1) is 25.0. The Hall–Kier alpha value is -2.66. The van der Waals surface area contributed by atoms with Crippen LogP contribution >= 0.6 is 11.3 Å². The number of alkyl halides is 3. The molecule has 4 rings (SSSR count). The lowest BCUT2D eigenvalue weighted by molar-refractivity contribution is -0.192. The van der Waals surface area contributed by atoms with Crippen molar-refractivity contribution >= 4 is 28.4 Å². The molecule has 6 nitrogen and oxygen atoms in total. The molecule has 2 aliphatic heterocycles. The monoisotopic (exact) mass is 488 g/mol. The molecule has 1 amide bonds. The third-order valence-corrected chi connectivity index (χ3v) is 6.77. The largest absolute Gasteiger partial charge is 0.490 e. The number of amides is 1. The number of rotatable bonds is 5. The summed E-state index contributed by atoms with van der Waals surface area (Å²) in [5.74, 6) is -2.62. The highest BCUT2D eigenvalue weighted by Gasteiger charge is 2.38. The summed E-state index contributed by atoms with van der Waals surface area (Å²) < 4.78 is 45.7. The fourth-order valence-electron chi connectivity index (χ4n) is 4.38. The number of thiophene rings is 1. The second kappa shape index (κ2) is 10.5. The van der Waals surface area contributed by atoms with Crippen molar-refractivity contribution in [1.82, 2.24) is 5.32 Å². The van der Waals surface area contributed by atoms with Gasteiger partial charge in [-0.2, -0.15) is 13.2 Å². The average molecular weight is 489 g/mol. The molecule has 11 heteroatoms. The Bertz CT molecular complexity index is 969. The predicted molar refractivity (Wildman–Crippen MR) is 115 cm³/mol. The first-order valence-electron chi connectivity index (χ1n) is 10.4. The van der Waals surface area contributed by atoms with Crippen LogP contribution in [0.1, 0.15) is 36.8 Å². The molecule has 0 radical (unpaired) electrons. The van der Waals surface area contributed by atoms with Gasteiger partial charge in [0.25, 0.3) is 0 Å². The topological polar surface area (TPSA) is 89.9 Å². The number of halogens is 4. The molecule has 1 aromatic heterocycles. The van der Waals surface area contributed by atoms with E-state index < -0.39 is 18.2 Å². The average Bonchev–Trinajstić information content (AvgIpc) is 3.33. The van der Waals surface area contributed by atoms with Crippen molar-refractivity contribution < 1.29 is 37.4 Å². The minimum Gasteiger partial charge on any atom is -0.475 e. The van der Waals surface area contributed by atoms with Crippen LogP contribution in [0.5, 0.6) is 0 Å². The van der Waals surface area contributed by atoms with Gasteiger partial charge in [-0.3, -0.25) is 4.90 Å². The van der Waals surface area contributed by atoms with Gasteiger partial charge in [-0.05, 0) is 60.2 Å². The van der Waals surface area contributed by atoms with Crippen molar-refractivity contribution in [2.45, 2.75) is 50.4 Å². The Labute approximate surface area is 191 Å². The number of hydrogen-bond acceptors (Lipinski definition) is 4. The van der Waals surface area contributed by atoms with Crippen LogP contribution in [0.2, 0.25) is 0 Å². The lowest BCUT2D eigenvalue weighted by Gasteiger charge is -2.32. The van der Waals surface area contributed by atoms with Crippen LogP contribution in [0.15, 0.2) is 35.7 Å². The number of carboxylic acid groups (broad SMARTS) is 2. The second-order valence-corrected chi connectivity index (χ2v) is 9.09. The van der Waals surface area contributed by atoms with E-state index in [4.69, 9.17) is 9.90 Å². The normalized spacial score (nSPS) is 21.8. The first-order valence-corrected chi connectivity index (χ1v) is 11.3. The van der Waals surface area contributed by atoms with E-state index in [2.05, 4.69) is 5.32 Å². The molecule has 2 aliphatic rings. The van der Waals surface area contributed by atoms with Crippen molar-refractivity contribution in [3.05, 3.63) is 52.7 Å². The number of nitrogens with zero attached hydrogens (tertiary/aromatic N) is 1. The Morgan fingerprint density at radius 3 is 2.21 bits per heavy atom. The van der Waals surface area contributed by atoms with Crippen molar-refractivity contribution in [2.24, 2.45) is 5.92 Å². The van der Waals surface area contributed by atoms with Crippen LogP contribution in [-0.4, -0.2) is 47.1 Å². The summed E-state index contributed by atoms with van der Waals surface area (Å²) in [5, 5.41) is 23.2. The van der Waals surface area contributed by atoms with Crippen molar-refractivity contribution in [1.29, 1.82) is 0 Å². The van der Waals surface area contributed by atoms with E-state index in [1.165, 1.54) is 35.1 Å². The maximum absolute atomic E-state index is 14.0. The lowest BCUT2D eigenvalue weighted by Crippen LogP contribution is -2.43. The zero-order valence-corrected chi connectivity index (χ0v) is 18.3. The Balaban J connectivity index is 0.000000383. The summed E-state index contributed by atoms with van der Waals surface area (Å²) >= 11 is 1.42. The molecule has 2 atom stereocenters. The number of carboxylic acids is 1. The summed E-state index contributed by atoms with van der Waals surface area (Å²) in [7, 11) is 0. The first-order chi connectivity index (χ1) is 15.5. The predicted octanol–water partition coefficient (Wildman–Crippen LogP) is 5.13. The van der Waals surface area contributed by atoms with Crippen molar-refractivity contribution in [2.75, 3.05) is 11.4 Å². The highest BCUT2D eigenvalue weighted by Crippen LogP contribution is 2.35. The molecule has 2 saturated heterocycles. The molecule has 33 heavy (non-hydrogen) atoms. The minimum absolute atomic E-state index is 0.249. The molecule has 2 fully saturated rings. The maximum atomic E-state index is 14.0. The van der Waals surface area contributed by atoms with E-state index in [-0.39, 0.29) is 5.82 Å². The van der Waals surface area contributed by atoms with Gasteiger partial charge in [-0.25, -0.2) is 14.0 Å². The molecular formula is C22H24F4N2O4S. The van der Waals surface area contributed by atoms with Gasteiger partial charge >= 0.3 is 18.2 Å². The van der Waals surface area contributed by atoms with Crippen LogP contribution < -0.4 is 10.2 Å². The Morgan fingerprint density at radius 1 is 1.06 bits per heavy atom. The van der Waals surface area contributed by atoms with Crippen molar-refractivity contribution in [3.8, 4) is 0 Å². The number of nitrogens with one attached hydrogen (secondary N) is 1. The molecule has 0 spiro atoms. The highest BCUT2D eigenvalue weighted by molar-refractivity contribution is 7.14. The Kier molecular flexibility index (Phi) is 7.96. The highest BCUT2D eigenvalue weighted by atomic mass is 32.1. The number of carbonyl (C=O) groups is 2. The van der Waals surface area contributed by atoms with E-state index in [1.54, 1.807) is 12.1 Å². The molecule has 0 saturated carbocycles. The van der Waals surface area contributed by atoms with Gasteiger partial charge in [0.05, 0.1) is 0 Å². The smallest absolute Gasteiger partial charge is 0.475 e. The van der Waals surface area contributed by atoms with E-state index >= 15 is 0 Å². The number of piperidine rings is 1. The third kappa shape index (κ3) is 6.67. The van der Waals surface area contributed by atoms with Crippen LogP contribution in [0, 0.1) is 11.7 Å². The molecule has 1 aromatic carbocycles. The van der Waals surface area contributed by atoms with Crippen LogP contribution in [0.25, 0.3) is 0 Å². The SMILES string of the molecule is O=C(O)C(F)(F)F.O=C(O)N(CC1CC2CCC(C1)N2)c1sccc1Cc1ccccc1F. The second-order valence-electron chi connectivity index (χ2n) is 8.19. The maximum Gasteiger partial charge on any atom is 0.490 e. The molecule has 2 aromatic rings. The van der Waals surface area contributed by atoms with E-state index in [9.17, 15) is 27.5 Å². The van der Waals surface area contributed by atoms with Gasteiger partial charge < -0.3 is 15.5 Å². The molecule has 3 heterocycles. The molecule has 2 bridgehead atoms. The number of anilines is 1. The minimum atomic E-state index is -5.08.